The van der Waals surface area contributed by atoms with Gasteiger partial charge in [-0.1, -0.05) is 30.3 Å². The van der Waals surface area contributed by atoms with Crippen LogP contribution in [0, 0.1) is 0 Å². The molecule has 2 aliphatic rings. The Morgan fingerprint density at radius 3 is 2.47 bits per heavy atom. The van der Waals surface area contributed by atoms with Crippen molar-refractivity contribution in [3.8, 4) is 0 Å². The summed E-state index contributed by atoms with van der Waals surface area (Å²) in [6, 6.07) is 11.5. The number of ether oxygens (including phenoxy) is 1. The molecule has 0 bridgehead atoms. The first-order chi connectivity index (χ1) is 14.4. The van der Waals surface area contributed by atoms with Crippen molar-refractivity contribution in [3.05, 3.63) is 35.9 Å². The Morgan fingerprint density at radius 2 is 1.77 bits per heavy atom. The maximum atomic E-state index is 12.1. The van der Waals surface area contributed by atoms with Crippen LogP contribution in [0.3, 0.4) is 0 Å². The van der Waals surface area contributed by atoms with Crippen LogP contribution in [0.5, 0.6) is 0 Å². The molecule has 2 saturated heterocycles. The van der Waals surface area contributed by atoms with Gasteiger partial charge in [0.05, 0.1) is 6.26 Å². The molecule has 2 heterocycles. The lowest BCUT2D eigenvalue weighted by molar-refractivity contribution is 0.00299. The molecule has 0 saturated carbocycles. The van der Waals surface area contributed by atoms with Gasteiger partial charge in [-0.15, -0.1) is 0 Å². The fraction of sp³-hybridized carbons (Fsp3) is 0.739. The third kappa shape index (κ3) is 7.31. The van der Waals surface area contributed by atoms with Crippen LogP contribution in [0.1, 0.15) is 37.7 Å². The molecule has 7 heteroatoms. The third-order valence-electron chi connectivity index (χ3n) is 6.55. The monoisotopic (exact) mass is 437 g/mol. The normalized spacial score (nSPS) is 22.1. The van der Waals surface area contributed by atoms with Gasteiger partial charge in [-0.3, -0.25) is 4.90 Å². The summed E-state index contributed by atoms with van der Waals surface area (Å²) < 4.78 is 31.5. The maximum Gasteiger partial charge on any atom is 0.211 e. The molecule has 170 valence electrons. The van der Waals surface area contributed by atoms with Crippen molar-refractivity contribution in [1.82, 2.24) is 14.1 Å². The van der Waals surface area contributed by atoms with Gasteiger partial charge in [-0.25, -0.2) is 12.7 Å². The highest BCUT2D eigenvalue weighted by molar-refractivity contribution is 7.88. The highest BCUT2D eigenvalue weighted by Gasteiger charge is 2.33. The molecule has 0 spiro atoms. The van der Waals surface area contributed by atoms with Crippen molar-refractivity contribution in [1.29, 1.82) is 0 Å². The Balaban J connectivity index is 1.53. The van der Waals surface area contributed by atoms with Crippen LogP contribution < -0.4 is 0 Å². The molecule has 6 nitrogen and oxygen atoms in total. The molecule has 2 aliphatic heterocycles. The Hall–Kier alpha value is -0.990. The number of rotatable bonds is 10. The van der Waals surface area contributed by atoms with Crippen molar-refractivity contribution in [2.45, 2.75) is 50.6 Å². The molecular weight excluding hydrogens is 398 g/mol. The SMILES string of the molecule is CN(CCCc1ccccc1)CCN(C1CCOCC1)C1CCCN(S(C)(=O)=O)C1. The van der Waals surface area contributed by atoms with Gasteiger partial charge < -0.3 is 9.64 Å². The number of piperidine rings is 1. The van der Waals surface area contributed by atoms with Gasteiger partial charge in [0.15, 0.2) is 0 Å². The summed E-state index contributed by atoms with van der Waals surface area (Å²) in [6.07, 6.45) is 7.74. The Kier molecular flexibility index (Phi) is 9.13. The fourth-order valence-corrected chi connectivity index (χ4v) is 5.67. The first-order valence-electron chi connectivity index (χ1n) is 11.4. The average Bonchev–Trinajstić information content (AvgIpc) is 2.75. The molecule has 30 heavy (non-hydrogen) atoms. The second-order valence-corrected chi connectivity index (χ2v) is 10.9. The topological polar surface area (TPSA) is 53.1 Å². The highest BCUT2D eigenvalue weighted by atomic mass is 32.2. The third-order valence-corrected chi connectivity index (χ3v) is 7.81. The van der Waals surface area contributed by atoms with Gasteiger partial charge in [-0.05, 0) is 57.7 Å². The summed E-state index contributed by atoms with van der Waals surface area (Å²) >= 11 is 0. The number of sulfonamides is 1. The van der Waals surface area contributed by atoms with Crippen LogP contribution in [0.4, 0.5) is 0 Å². The van der Waals surface area contributed by atoms with Crippen molar-refractivity contribution in [3.63, 3.8) is 0 Å². The van der Waals surface area contributed by atoms with Gasteiger partial charge in [0.25, 0.3) is 0 Å². The standard InChI is InChI=1S/C23H39N3O3S/c1-24(14-6-10-21-8-4-3-5-9-21)16-17-26(22-12-18-29-19-13-22)23-11-7-15-25(20-23)30(2,27)28/h3-5,8-9,22-23H,6-7,10-20H2,1-2H3. The Bertz CT molecular complexity index is 722. The number of aryl methyl sites for hydroxylation is 1. The van der Waals surface area contributed by atoms with E-state index < -0.39 is 10.0 Å². The zero-order valence-electron chi connectivity index (χ0n) is 18.7. The van der Waals surface area contributed by atoms with Crippen LogP contribution in [-0.4, -0.2) is 93.8 Å². The van der Waals surface area contributed by atoms with Crippen LogP contribution in [0.25, 0.3) is 0 Å². The molecule has 1 aromatic rings. The number of benzene rings is 1. The lowest BCUT2D eigenvalue weighted by atomic mass is 9.99. The second kappa shape index (κ2) is 11.6. The summed E-state index contributed by atoms with van der Waals surface area (Å²) in [7, 11) is -0.916. The predicted molar refractivity (Wildman–Crippen MR) is 122 cm³/mol. The average molecular weight is 438 g/mol. The summed E-state index contributed by atoms with van der Waals surface area (Å²) in [5.74, 6) is 0. The minimum Gasteiger partial charge on any atom is -0.381 e. The summed E-state index contributed by atoms with van der Waals surface area (Å²) in [6.45, 7) is 6.02. The van der Waals surface area contributed by atoms with Gasteiger partial charge in [0.2, 0.25) is 10.0 Å². The van der Waals surface area contributed by atoms with E-state index in [1.54, 1.807) is 4.31 Å². The molecule has 1 atom stereocenters. The van der Waals surface area contributed by atoms with E-state index >= 15 is 0 Å². The largest absolute Gasteiger partial charge is 0.381 e. The molecule has 3 rings (SSSR count). The zero-order chi connectivity index (χ0) is 21.4. The first-order valence-corrected chi connectivity index (χ1v) is 13.3. The van der Waals surface area contributed by atoms with Gasteiger partial charge in [0.1, 0.15) is 0 Å². The second-order valence-electron chi connectivity index (χ2n) is 8.89. The minimum atomic E-state index is -3.12. The molecule has 0 N–H and O–H groups in total. The van der Waals surface area contributed by atoms with Crippen LogP contribution in [0.2, 0.25) is 0 Å². The van der Waals surface area contributed by atoms with Gasteiger partial charge in [-0.2, -0.15) is 0 Å². The van der Waals surface area contributed by atoms with Crippen LogP contribution in [-0.2, 0) is 21.2 Å². The Labute approximate surface area is 183 Å². The van der Waals surface area contributed by atoms with E-state index in [4.69, 9.17) is 4.74 Å². The fourth-order valence-electron chi connectivity index (χ4n) is 4.77. The number of nitrogens with zero attached hydrogens (tertiary/aromatic N) is 3. The lowest BCUT2D eigenvalue weighted by Crippen LogP contribution is -2.55. The summed E-state index contributed by atoms with van der Waals surface area (Å²) in [5, 5.41) is 0. The quantitative estimate of drug-likeness (QED) is 0.563. The maximum absolute atomic E-state index is 12.1. The number of hydrogen-bond donors (Lipinski definition) is 0. The van der Waals surface area contributed by atoms with Crippen LogP contribution >= 0.6 is 0 Å². The molecular formula is C23H39N3O3S. The summed E-state index contributed by atoms with van der Waals surface area (Å²) in [5.41, 5.74) is 1.40. The molecule has 0 aromatic heterocycles. The number of hydrogen-bond acceptors (Lipinski definition) is 5. The molecule has 2 fully saturated rings. The first kappa shape index (κ1) is 23.7. The molecule has 1 aromatic carbocycles. The van der Waals surface area contributed by atoms with E-state index in [1.165, 1.54) is 11.8 Å². The molecule has 1 unspecified atom stereocenters. The zero-order valence-corrected chi connectivity index (χ0v) is 19.5. The number of likely N-dealkylation sites (N-methyl/N-ethyl adjacent to an activating group) is 1. The van der Waals surface area contributed by atoms with Gasteiger partial charge >= 0.3 is 0 Å². The highest BCUT2D eigenvalue weighted by Crippen LogP contribution is 2.24. The molecule has 0 radical (unpaired) electrons. The lowest BCUT2D eigenvalue weighted by Gasteiger charge is -2.44. The summed E-state index contributed by atoms with van der Waals surface area (Å²) in [4.78, 5) is 5.03. The van der Waals surface area contributed by atoms with E-state index in [-0.39, 0.29) is 0 Å². The smallest absolute Gasteiger partial charge is 0.211 e. The van der Waals surface area contributed by atoms with Crippen molar-refractivity contribution in [2.75, 3.05) is 59.2 Å². The predicted octanol–water partition coefficient (Wildman–Crippen LogP) is 2.46. The van der Waals surface area contributed by atoms with Crippen LogP contribution in [0.15, 0.2) is 30.3 Å². The van der Waals surface area contributed by atoms with E-state index in [0.717, 1.165) is 71.4 Å². The van der Waals surface area contributed by atoms with E-state index in [9.17, 15) is 8.42 Å². The van der Waals surface area contributed by atoms with E-state index in [2.05, 4.69) is 47.2 Å². The van der Waals surface area contributed by atoms with Crippen molar-refractivity contribution in [2.24, 2.45) is 0 Å². The minimum absolute atomic E-state index is 0.314. The van der Waals surface area contributed by atoms with E-state index in [0.29, 0.717) is 25.2 Å². The molecule has 0 aliphatic carbocycles. The van der Waals surface area contributed by atoms with E-state index in [1.807, 2.05) is 0 Å². The Morgan fingerprint density at radius 1 is 1.03 bits per heavy atom. The molecule has 0 amide bonds. The van der Waals surface area contributed by atoms with Crippen molar-refractivity contribution < 1.29 is 13.2 Å². The van der Waals surface area contributed by atoms with Gasteiger partial charge in [0, 0.05) is 51.5 Å². The van der Waals surface area contributed by atoms with Crippen molar-refractivity contribution >= 4 is 10.0 Å².